The Labute approximate surface area is 158 Å². The van der Waals surface area contributed by atoms with E-state index >= 15 is 0 Å². The van der Waals surface area contributed by atoms with E-state index < -0.39 is 12.0 Å². The molecule has 27 heavy (non-hydrogen) atoms. The topological polar surface area (TPSA) is 96.5 Å². The Bertz CT molecular complexity index is 809. The number of amides is 1. The Morgan fingerprint density at radius 1 is 1.22 bits per heavy atom. The number of aromatic nitrogens is 2. The van der Waals surface area contributed by atoms with E-state index in [4.69, 9.17) is 4.52 Å². The molecular weight excluding hydrogens is 346 g/mol. The van der Waals surface area contributed by atoms with Crippen LogP contribution in [0.4, 0.5) is 0 Å². The fourth-order valence-corrected chi connectivity index (χ4v) is 3.04. The van der Waals surface area contributed by atoms with Gasteiger partial charge in [-0.05, 0) is 31.2 Å². The molecule has 1 aromatic carbocycles. The largest absolute Gasteiger partial charge is 0.480 e. The molecule has 0 saturated heterocycles. The van der Waals surface area contributed by atoms with Crippen LogP contribution >= 0.6 is 0 Å². The number of carboxylic acids is 1. The molecule has 1 heterocycles. The van der Waals surface area contributed by atoms with Crippen molar-refractivity contribution in [3.63, 3.8) is 0 Å². The highest BCUT2D eigenvalue weighted by molar-refractivity contribution is 5.84. The number of carboxylic acid groups (broad SMARTS) is 1. The van der Waals surface area contributed by atoms with Crippen molar-refractivity contribution in [2.45, 2.75) is 64.5 Å². The van der Waals surface area contributed by atoms with Crippen LogP contribution in [0.15, 0.2) is 28.8 Å². The summed E-state index contributed by atoms with van der Waals surface area (Å²) in [5.74, 6) is 0.151. The molecule has 2 aromatic rings. The molecule has 7 nitrogen and oxygen atoms in total. The molecule has 1 atom stereocenters. The van der Waals surface area contributed by atoms with E-state index in [1.165, 1.54) is 10.5 Å². The summed E-state index contributed by atoms with van der Waals surface area (Å²) in [5, 5.41) is 13.2. The van der Waals surface area contributed by atoms with Gasteiger partial charge in [0.05, 0.1) is 0 Å². The van der Waals surface area contributed by atoms with Crippen molar-refractivity contribution >= 4 is 11.9 Å². The maximum atomic E-state index is 12.5. The quantitative estimate of drug-likeness (QED) is 0.765. The van der Waals surface area contributed by atoms with Crippen molar-refractivity contribution in [1.82, 2.24) is 15.0 Å². The van der Waals surface area contributed by atoms with Gasteiger partial charge in [-0.25, -0.2) is 4.79 Å². The van der Waals surface area contributed by atoms with Gasteiger partial charge in [-0.15, -0.1) is 0 Å². The second-order valence-electron chi connectivity index (χ2n) is 7.33. The summed E-state index contributed by atoms with van der Waals surface area (Å²) >= 11 is 0. The maximum Gasteiger partial charge on any atom is 0.326 e. The Morgan fingerprint density at radius 2 is 1.89 bits per heavy atom. The molecule has 1 N–H and O–H groups in total. The fraction of sp³-hybridized carbons (Fsp3) is 0.500. The van der Waals surface area contributed by atoms with E-state index in [0.717, 1.165) is 18.4 Å². The highest BCUT2D eigenvalue weighted by Crippen LogP contribution is 2.29. The minimum Gasteiger partial charge on any atom is -0.480 e. The summed E-state index contributed by atoms with van der Waals surface area (Å²) < 4.78 is 5.26. The van der Waals surface area contributed by atoms with Crippen LogP contribution in [0.25, 0.3) is 11.4 Å². The minimum atomic E-state index is -0.986. The van der Waals surface area contributed by atoms with E-state index in [9.17, 15) is 14.7 Å². The predicted molar refractivity (Wildman–Crippen MR) is 99.1 cm³/mol. The number of carbonyl (C=O) groups is 2. The summed E-state index contributed by atoms with van der Waals surface area (Å²) in [6.07, 6.45) is 2.17. The van der Waals surface area contributed by atoms with Crippen LogP contribution in [0, 0.1) is 0 Å². The smallest absolute Gasteiger partial charge is 0.326 e. The average Bonchev–Trinajstić information content (AvgIpc) is 3.36. The molecule has 1 fully saturated rings. The molecule has 1 aliphatic rings. The maximum absolute atomic E-state index is 12.5. The normalized spacial score (nSPS) is 15.0. The third-order valence-electron chi connectivity index (χ3n) is 4.86. The summed E-state index contributed by atoms with van der Waals surface area (Å²) in [6, 6.07) is 7.22. The van der Waals surface area contributed by atoms with Crippen LogP contribution in [-0.2, 0) is 16.0 Å². The number of rotatable bonds is 8. The second-order valence-corrected chi connectivity index (χ2v) is 7.33. The SMILES string of the molecule is CC(C)c1ccc(-c2noc(CCC(=O)N(C3CC3)C(C)C(=O)O)n2)cc1. The number of carbonyl (C=O) groups excluding carboxylic acids is 1. The molecule has 1 aromatic heterocycles. The number of hydrogen-bond donors (Lipinski definition) is 1. The molecule has 0 aliphatic heterocycles. The van der Waals surface area contributed by atoms with Gasteiger partial charge in [-0.3, -0.25) is 4.79 Å². The molecule has 0 bridgehead atoms. The third-order valence-corrected chi connectivity index (χ3v) is 4.86. The first-order valence-electron chi connectivity index (χ1n) is 9.33. The Kier molecular flexibility index (Phi) is 5.58. The standard InChI is InChI=1S/C20H25N3O4/c1-12(2)14-4-6-15(7-5-14)19-21-17(27-22-19)10-11-18(24)23(16-8-9-16)13(3)20(25)26/h4-7,12-13,16H,8-11H2,1-3H3,(H,25,26). The second kappa shape index (κ2) is 7.90. The van der Waals surface area contributed by atoms with Crippen LogP contribution in [0.1, 0.15) is 57.4 Å². The molecule has 144 valence electrons. The van der Waals surface area contributed by atoms with Gasteiger partial charge in [0.2, 0.25) is 17.6 Å². The van der Waals surface area contributed by atoms with Gasteiger partial charge in [0.1, 0.15) is 6.04 Å². The third kappa shape index (κ3) is 4.53. The zero-order chi connectivity index (χ0) is 19.6. The molecule has 0 spiro atoms. The van der Waals surface area contributed by atoms with Crippen molar-refractivity contribution in [2.24, 2.45) is 0 Å². The predicted octanol–water partition coefficient (Wildman–Crippen LogP) is 3.26. The minimum absolute atomic E-state index is 0.0429. The van der Waals surface area contributed by atoms with Crippen LogP contribution in [0.2, 0.25) is 0 Å². The average molecular weight is 371 g/mol. The Morgan fingerprint density at radius 3 is 2.44 bits per heavy atom. The Hall–Kier alpha value is -2.70. The highest BCUT2D eigenvalue weighted by atomic mass is 16.5. The monoisotopic (exact) mass is 371 g/mol. The molecule has 1 saturated carbocycles. The van der Waals surface area contributed by atoms with Gasteiger partial charge in [0.25, 0.3) is 0 Å². The van der Waals surface area contributed by atoms with Gasteiger partial charge in [0, 0.05) is 24.4 Å². The molecule has 0 radical (unpaired) electrons. The van der Waals surface area contributed by atoms with Gasteiger partial charge in [-0.2, -0.15) is 4.98 Å². The first kappa shape index (κ1) is 19.1. The molecule has 7 heteroatoms. The number of hydrogen-bond acceptors (Lipinski definition) is 5. The molecule has 3 rings (SSSR count). The number of aryl methyl sites for hydroxylation is 1. The van der Waals surface area contributed by atoms with Crippen molar-refractivity contribution < 1.29 is 19.2 Å². The first-order valence-corrected chi connectivity index (χ1v) is 9.33. The van der Waals surface area contributed by atoms with Crippen molar-refractivity contribution in [3.05, 3.63) is 35.7 Å². The van der Waals surface area contributed by atoms with Gasteiger partial charge >= 0.3 is 5.97 Å². The van der Waals surface area contributed by atoms with E-state index in [1.54, 1.807) is 6.92 Å². The lowest BCUT2D eigenvalue weighted by Crippen LogP contribution is -2.44. The highest BCUT2D eigenvalue weighted by Gasteiger charge is 2.38. The first-order chi connectivity index (χ1) is 12.9. The van der Waals surface area contributed by atoms with Crippen molar-refractivity contribution in [2.75, 3.05) is 0 Å². The lowest BCUT2D eigenvalue weighted by Gasteiger charge is -2.26. The van der Waals surface area contributed by atoms with E-state index in [-0.39, 0.29) is 18.4 Å². The van der Waals surface area contributed by atoms with E-state index in [1.807, 2.05) is 24.3 Å². The fourth-order valence-electron chi connectivity index (χ4n) is 3.04. The Balaban J connectivity index is 1.62. The molecule has 1 unspecified atom stereocenters. The van der Waals surface area contributed by atoms with E-state index in [0.29, 0.717) is 24.1 Å². The lowest BCUT2D eigenvalue weighted by atomic mass is 10.0. The van der Waals surface area contributed by atoms with Gasteiger partial charge in [-0.1, -0.05) is 43.3 Å². The van der Waals surface area contributed by atoms with Crippen LogP contribution in [0.3, 0.4) is 0 Å². The lowest BCUT2D eigenvalue weighted by molar-refractivity contribution is -0.150. The molecule has 1 aliphatic carbocycles. The van der Waals surface area contributed by atoms with Gasteiger partial charge < -0.3 is 14.5 Å². The number of benzene rings is 1. The summed E-state index contributed by atoms with van der Waals surface area (Å²) in [6.45, 7) is 5.81. The summed E-state index contributed by atoms with van der Waals surface area (Å²) in [7, 11) is 0. The number of aliphatic carboxylic acids is 1. The summed E-state index contributed by atoms with van der Waals surface area (Å²) in [5.41, 5.74) is 2.10. The van der Waals surface area contributed by atoms with Crippen LogP contribution in [0.5, 0.6) is 0 Å². The van der Waals surface area contributed by atoms with Crippen LogP contribution in [-0.4, -0.2) is 44.1 Å². The van der Waals surface area contributed by atoms with Crippen molar-refractivity contribution in [1.29, 1.82) is 0 Å². The molecular formula is C20H25N3O4. The molecule has 1 amide bonds. The van der Waals surface area contributed by atoms with Crippen LogP contribution < -0.4 is 0 Å². The van der Waals surface area contributed by atoms with Crippen molar-refractivity contribution in [3.8, 4) is 11.4 Å². The van der Waals surface area contributed by atoms with Gasteiger partial charge in [0.15, 0.2) is 0 Å². The zero-order valence-electron chi connectivity index (χ0n) is 15.9. The number of nitrogens with zero attached hydrogens (tertiary/aromatic N) is 3. The van der Waals surface area contributed by atoms with E-state index in [2.05, 4.69) is 24.0 Å². The zero-order valence-corrected chi connectivity index (χ0v) is 15.9. The summed E-state index contributed by atoms with van der Waals surface area (Å²) in [4.78, 5) is 29.6.